The maximum atomic E-state index is 15.8. The van der Waals surface area contributed by atoms with Gasteiger partial charge in [-0.25, -0.2) is 9.37 Å². The molecule has 0 radical (unpaired) electrons. The van der Waals surface area contributed by atoms with Crippen LogP contribution in [0.3, 0.4) is 0 Å². The summed E-state index contributed by atoms with van der Waals surface area (Å²) in [5.41, 5.74) is 3.42. The van der Waals surface area contributed by atoms with Gasteiger partial charge in [0.25, 0.3) is 0 Å². The summed E-state index contributed by atoms with van der Waals surface area (Å²) in [6, 6.07) is 14.5. The van der Waals surface area contributed by atoms with Crippen molar-refractivity contribution >= 4 is 5.78 Å². The molecule has 1 aliphatic carbocycles. The maximum absolute atomic E-state index is 15.8. The summed E-state index contributed by atoms with van der Waals surface area (Å²) in [6.45, 7) is 7.83. The van der Waals surface area contributed by atoms with Gasteiger partial charge in [-0.1, -0.05) is 32.0 Å². The van der Waals surface area contributed by atoms with Gasteiger partial charge in [-0.3, -0.25) is 4.79 Å². The monoisotopic (exact) mass is 454 g/mol. The first kappa shape index (κ1) is 23.4. The van der Waals surface area contributed by atoms with E-state index >= 15 is 4.39 Å². The number of hydrogen-bond donors (Lipinski definition) is 1. The summed E-state index contributed by atoms with van der Waals surface area (Å²) in [6.07, 6.45) is 0.846. The van der Waals surface area contributed by atoms with Gasteiger partial charge in [-0.2, -0.15) is 10.5 Å². The fourth-order valence-electron chi connectivity index (χ4n) is 4.87. The van der Waals surface area contributed by atoms with Crippen LogP contribution in [0.25, 0.3) is 11.3 Å². The molecular weight excluding hydrogens is 427 g/mol. The number of aromatic nitrogens is 2. The van der Waals surface area contributed by atoms with E-state index in [0.29, 0.717) is 34.5 Å². The Hall–Kier alpha value is -3.77. The van der Waals surface area contributed by atoms with Gasteiger partial charge in [0.15, 0.2) is 11.5 Å². The molecule has 1 saturated carbocycles. The minimum Gasteiger partial charge on any atom is -0.341 e. The van der Waals surface area contributed by atoms with Crippen LogP contribution in [0.5, 0.6) is 0 Å². The van der Waals surface area contributed by atoms with Crippen molar-refractivity contribution < 1.29 is 9.18 Å². The number of carbonyl (C=O) groups is 1. The van der Waals surface area contributed by atoms with E-state index in [1.54, 1.807) is 24.3 Å². The van der Waals surface area contributed by atoms with Crippen LogP contribution in [0.15, 0.2) is 36.4 Å². The number of hydrogen-bond acceptors (Lipinski definition) is 4. The molecule has 0 aliphatic heterocycles. The van der Waals surface area contributed by atoms with Crippen molar-refractivity contribution in [3.8, 4) is 23.4 Å². The molecule has 1 fully saturated rings. The van der Waals surface area contributed by atoms with Gasteiger partial charge in [0.05, 0.1) is 17.3 Å². The Kier molecular flexibility index (Phi) is 6.11. The van der Waals surface area contributed by atoms with Gasteiger partial charge in [0.2, 0.25) is 0 Å². The topological polar surface area (TPSA) is 93.3 Å². The van der Waals surface area contributed by atoms with Crippen molar-refractivity contribution in [2.75, 3.05) is 0 Å². The first-order chi connectivity index (χ1) is 16.2. The number of H-pyrrole nitrogens is 1. The molecule has 1 aromatic heterocycles. The van der Waals surface area contributed by atoms with Crippen LogP contribution < -0.4 is 0 Å². The fourth-order valence-corrected chi connectivity index (χ4v) is 4.87. The van der Waals surface area contributed by atoms with Crippen LogP contribution in [0, 0.1) is 42.4 Å². The maximum Gasteiger partial charge on any atom is 0.166 e. The number of Topliss-reactive ketones (excluding diaryl/α,β-unsaturated/α-hetero) is 1. The summed E-state index contributed by atoms with van der Waals surface area (Å²) < 4.78 is 15.8. The van der Waals surface area contributed by atoms with Gasteiger partial charge in [-0.05, 0) is 68.0 Å². The molecule has 3 aromatic rings. The van der Waals surface area contributed by atoms with Crippen LogP contribution in [0.2, 0.25) is 0 Å². The summed E-state index contributed by atoms with van der Waals surface area (Å²) in [5.74, 6) is 0.346. The third-order valence-electron chi connectivity index (χ3n) is 6.84. The zero-order valence-electron chi connectivity index (χ0n) is 19.9. The molecular formula is C28H27FN4O. The molecule has 1 N–H and O–H groups in total. The first-order valence-electron chi connectivity index (χ1n) is 11.5. The quantitative estimate of drug-likeness (QED) is 0.451. The number of benzene rings is 2. The van der Waals surface area contributed by atoms with Gasteiger partial charge in [0, 0.05) is 23.0 Å². The van der Waals surface area contributed by atoms with E-state index in [2.05, 4.69) is 16.0 Å². The lowest BCUT2D eigenvalue weighted by Gasteiger charge is -2.20. The van der Waals surface area contributed by atoms with Crippen molar-refractivity contribution in [1.82, 2.24) is 9.97 Å². The SMILES string of the molecule is Cc1cc(C)c(-c2[nH]c(C(C)C)nc2C#N)cc1C(=O)C1CCC(F)(c2ccc(C#N)cc2)C1. The first-order valence-corrected chi connectivity index (χ1v) is 11.5. The molecule has 1 heterocycles. The van der Waals surface area contributed by atoms with E-state index in [4.69, 9.17) is 5.26 Å². The van der Waals surface area contributed by atoms with Crippen molar-refractivity contribution in [3.05, 3.63) is 75.7 Å². The lowest BCUT2D eigenvalue weighted by Crippen LogP contribution is -2.19. The second-order valence-corrected chi connectivity index (χ2v) is 9.55. The average molecular weight is 455 g/mol. The molecule has 2 atom stereocenters. The van der Waals surface area contributed by atoms with E-state index in [-0.39, 0.29) is 24.5 Å². The number of imidazole rings is 1. The molecule has 0 saturated heterocycles. The number of alkyl halides is 1. The Bertz CT molecular complexity index is 1340. The van der Waals surface area contributed by atoms with Crippen molar-refractivity contribution in [2.45, 2.75) is 58.5 Å². The third kappa shape index (κ3) is 4.13. The molecule has 4 rings (SSSR count). The van der Waals surface area contributed by atoms with Gasteiger partial charge < -0.3 is 4.98 Å². The van der Waals surface area contributed by atoms with Gasteiger partial charge in [0.1, 0.15) is 17.6 Å². The van der Waals surface area contributed by atoms with Crippen LogP contribution in [0.4, 0.5) is 4.39 Å². The van der Waals surface area contributed by atoms with E-state index in [1.807, 2.05) is 45.9 Å². The summed E-state index contributed by atoms with van der Waals surface area (Å²) in [5, 5.41) is 18.6. The lowest BCUT2D eigenvalue weighted by molar-refractivity contribution is 0.0895. The summed E-state index contributed by atoms with van der Waals surface area (Å²) in [7, 11) is 0. The highest BCUT2D eigenvalue weighted by atomic mass is 19.1. The normalized spacial score (nSPS) is 19.7. The molecule has 2 aromatic carbocycles. The minimum absolute atomic E-state index is 0.0750. The number of rotatable bonds is 5. The van der Waals surface area contributed by atoms with E-state index < -0.39 is 11.6 Å². The third-order valence-corrected chi connectivity index (χ3v) is 6.84. The minimum atomic E-state index is -1.58. The molecule has 6 heteroatoms. The molecule has 1 aliphatic rings. The molecule has 5 nitrogen and oxygen atoms in total. The Labute approximate surface area is 199 Å². The van der Waals surface area contributed by atoms with Gasteiger partial charge >= 0.3 is 0 Å². The smallest absolute Gasteiger partial charge is 0.166 e. The van der Waals surface area contributed by atoms with E-state index in [0.717, 1.165) is 22.5 Å². The number of halogens is 1. The molecule has 0 spiro atoms. The fraction of sp³-hybridized carbons (Fsp3) is 0.357. The van der Waals surface area contributed by atoms with E-state index in [9.17, 15) is 10.1 Å². The standard InChI is InChI=1S/C28H27FN4O/c1-16(2)27-32-24(15-31)25(33-27)22-12-23(18(4)11-17(22)3)26(34)20-9-10-28(29,13-20)21-7-5-19(14-30)6-8-21/h5-8,11-12,16,20H,9-10,13H2,1-4H3,(H,32,33). The highest BCUT2D eigenvalue weighted by Gasteiger charge is 2.44. The molecule has 34 heavy (non-hydrogen) atoms. The Morgan fingerprint density at radius 2 is 1.85 bits per heavy atom. The van der Waals surface area contributed by atoms with E-state index in [1.165, 1.54) is 0 Å². The predicted octanol–water partition coefficient (Wildman–Crippen LogP) is 6.41. The molecule has 2 unspecified atom stereocenters. The average Bonchev–Trinajstić information content (AvgIpc) is 3.44. The number of aryl methyl sites for hydroxylation is 2. The zero-order chi connectivity index (χ0) is 24.6. The largest absolute Gasteiger partial charge is 0.341 e. The Morgan fingerprint density at radius 1 is 1.15 bits per heavy atom. The number of carbonyl (C=O) groups excluding carboxylic acids is 1. The number of nitrogens with one attached hydrogen (secondary N) is 1. The summed E-state index contributed by atoms with van der Waals surface area (Å²) in [4.78, 5) is 21.2. The van der Waals surface area contributed by atoms with Crippen molar-refractivity contribution in [3.63, 3.8) is 0 Å². The summed E-state index contributed by atoms with van der Waals surface area (Å²) >= 11 is 0. The van der Waals surface area contributed by atoms with Crippen molar-refractivity contribution in [2.24, 2.45) is 5.92 Å². The lowest BCUT2D eigenvalue weighted by atomic mass is 9.87. The number of nitriles is 2. The van der Waals surface area contributed by atoms with Gasteiger partial charge in [-0.15, -0.1) is 0 Å². The zero-order valence-corrected chi connectivity index (χ0v) is 19.9. The van der Waals surface area contributed by atoms with Crippen LogP contribution in [-0.4, -0.2) is 15.8 Å². The number of ketones is 1. The predicted molar refractivity (Wildman–Crippen MR) is 128 cm³/mol. The molecule has 172 valence electrons. The van der Waals surface area contributed by atoms with Crippen LogP contribution >= 0.6 is 0 Å². The second kappa shape index (κ2) is 8.88. The molecule has 0 amide bonds. The second-order valence-electron chi connectivity index (χ2n) is 9.55. The van der Waals surface area contributed by atoms with Crippen LogP contribution in [0.1, 0.15) is 83.2 Å². The van der Waals surface area contributed by atoms with Crippen molar-refractivity contribution in [1.29, 1.82) is 10.5 Å². The Morgan fingerprint density at radius 3 is 2.47 bits per heavy atom. The number of nitrogens with zero attached hydrogens (tertiary/aromatic N) is 3. The highest BCUT2D eigenvalue weighted by molar-refractivity contribution is 6.00. The number of aromatic amines is 1. The highest BCUT2D eigenvalue weighted by Crippen LogP contribution is 2.47. The Balaban J connectivity index is 1.66. The van der Waals surface area contributed by atoms with Crippen LogP contribution in [-0.2, 0) is 5.67 Å². The molecule has 0 bridgehead atoms.